The third-order valence-electron chi connectivity index (χ3n) is 3.20. The van der Waals surface area contributed by atoms with Crippen molar-refractivity contribution in [3.05, 3.63) is 70.0 Å². The van der Waals surface area contributed by atoms with E-state index in [-0.39, 0.29) is 18.9 Å². The molecule has 0 saturated heterocycles. The van der Waals surface area contributed by atoms with Gasteiger partial charge in [-0.15, -0.1) is 0 Å². The fourth-order valence-corrected chi connectivity index (χ4v) is 2.37. The zero-order chi connectivity index (χ0) is 16.9. The second-order valence-electron chi connectivity index (χ2n) is 4.96. The monoisotopic (exact) mass is 362 g/mol. The van der Waals surface area contributed by atoms with E-state index in [1.165, 1.54) is 0 Å². The molecule has 0 saturated carbocycles. The van der Waals surface area contributed by atoms with Crippen LogP contribution in [0.1, 0.15) is 11.5 Å². The van der Waals surface area contributed by atoms with Crippen molar-refractivity contribution in [3.63, 3.8) is 0 Å². The first-order valence-electron chi connectivity index (χ1n) is 7.09. The Morgan fingerprint density at radius 2 is 1.83 bits per heavy atom. The average Bonchev–Trinajstić information content (AvgIpc) is 3.04. The number of halogens is 2. The van der Waals surface area contributed by atoms with Gasteiger partial charge in [0.05, 0.1) is 11.4 Å². The number of aromatic nitrogens is 2. The summed E-state index contributed by atoms with van der Waals surface area (Å²) in [6.45, 7) is -0.0934. The second-order valence-corrected chi connectivity index (χ2v) is 5.80. The first-order valence-corrected chi connectivity index (χ1v) is 7.85. The van der Waals surface area contributed by atoms with E-state index in [1.54, 1.807) is 36.4 Å². The van der Waals surface area contributed by atoms with Crippen molar-refractivity contribution in [1.29, 1.82) is 0 Å². The average molecular weight is 363 g/mol. The predicted octanol–water partition coefficient (Wildman–Crippen LogP) is 4.33. The highest BCUT2D eigenvalue weighted by Crippen LogP contribution is 2.24. The zero-order valence-corrected chi connectivity index (χ0v) is 13.9. The van der Waals surface area contributed by atoms with Crippen molar-refractivity contribution in [2.45, 2.75) is 13.0 Å². The van der Waals surface area contributed by atoms with Crippen LogP contribution in [0.3, 0.4) is 0 Å². The number of carbonyl (C=O) groups is 1. The number of nitrogens with zero attached hydrogens (tertiary/aromatic N) is 2. The Labute approximate surface area is 148 Å². The quantitative estimate of drug-likeness (QED) is 0.632. The molecular weight excluding hydrogens is 351 g/mol. The molecule has 0 aliphatic carbocycles. The van der Waals surface area contributed by atoms with Gasteiger partial charge in [0.1, 0.15) is 0 Å². The third-order valence-corrected chi connectivity index (χ3v) is 3.78. The SMILES string of the molecule is O=C(Cc1ccc(Cl)cc1)OCc1nc(-c2ccccc2Cl)no1. The predicted molar refractivity (Wildman–Crippen MR) is 89.7 cm³/mol. The molecule has 24 heavy (non-hydrogen) atoms. The number of hydrogen-bond donors (Lipinski definition) is 0. The maximum atomic E-state index is 11.8. The van der Waals surface area contributed by atoms with Crippen LogP contribution in [0.2, 0.25) is 10.0 Å². The van der Waals surface area contributed by atoms with Crippen LogP contribution in [0.5, 0.6) is 0 Å². The van der Waals surface area contributed by atoms with Crippen LogP contribution >= 0.6 is 23.2 Å². The largest absolute Gasteiger partial charge is 0.455 e. The summed E-state index contributed by atoms with van der Waals surface area (Å²) < 4.78 is 10.2. The maximum absolute atomic E-state index is 11.8. The minimum Gasteiger partial charge on any atom is -0.455 e. The summed E-state index contributed by atoms with van der Waals surface area (Å²) >= 11 is 11.9. The summed E-state index contributed by atoms with van der Waals surface area (Å²) in [6.07, 6.45) is 0.142. The molecule has 2 aromatic carbocycles. The number of hydrogen-bond acceptors (Lipinski definition) is 5. The molecule has 0 aliphatic rings. The van der Waals surface area contributed by atoms with Crippen LogP contribution < -0.4 is 0 Å². The van der Waals surface area contributed by atoms with Crippen molar-refractivity contribution >= 4 is 29.2 Å². The Morgan fingerprint density at radius 3 is 2.58 bits per heavy atom. The molecule has 0 radical (unpaired) electrons. The van der Waals surface area contributed by atoms with E-state index in [0.717, 1.165) is 5.56 Å². The van der Waals surface area contributed by atoms with Crippen molar-refractivity contribution in [2.75, 3.05) is 0 Å². The van der Waals surface area contributed by atoms with E-state index in [9.17, 15) is 4.79 Å². The van der Waals surface area contributed by atoms with Crippen molar-refractivity contribution in [2.24, 2.45) is 0 Å². The molecule has 1 aromatic heterocycles. The highest BCUT2D eigenvalue weighted by atomic mass is 35.5. The highest BCUT2D eigenvalue weighted by molar-refractivity contribution is 6.33. The summed E-state index contributed by atoms with van der Waals surface area (Å²) in [5.41, 5.74) is 1.47. The lowest BCUT2D eigenvalue weighted by molar-refractivity contribution is -0.144. The van der Waals surface area contributed by atoms with Crippen LogP contribution in [-0.4, -0.2) is 16.1 Å². The maximum Gasteiger partial charge on any atom is 0.310 e. The lowest BCUT2D eigenvalue weighted by Crippen LogP contribution is -2.08. The Morgan fingerprint density at radius 1 is 1.08 bits per heavy atom. The van der Waals surface area contributed by atoms with Crippen LogP contribution in [0.4, 0.5) is 0 Å². The normalized spacial score (nSPS) is 10.6. The van der Waals surface area contributed by atoms with E-state index in [0.29, 0.717) is 21.4 Å². The van der Waals surface area contributed by atoms with Crippen molar-refractivity contribution in [3.8, 4) is 11.4 Å². The van der Waals surface area contributed by atoms with Gasteiger partial charge in [-0.05, 0) is 29.8 Å². The molecule has 0 atom stereocenters. The van der Waals surface area contributed by atoms with Crippen LogP contribution in [-0.2, 0) is 22.6 Å². The molecule has 3 aromatic rings. The summed E-state index contributed by atoms with van der Waals surface area (Å²) in [5.74, 6) is 0.161. The molecule has 0 amide bonds. The molecule has 122 valence electrons. The van der Waals surface area contributed by atoms with Gasteiger partial charge < -0.3 is 9.26 Å². The molecule has 0 aliphatic heterocycles. The van der Waals surface area contributed by atoms with Crippen LogP contribution in [0, 0.1) is 0 Å². The Hall–Kier alpha value is -2.37. The standard InChI is InChI=1S/C17H12Cl2N2O3/c18-12-7-5-11(6-8-12)9-16(22)23-10-15-20-17(21-24-15)13-3-1-2-4-14(13)19/h1-8H,9-10H2. The minimum atomic E-state index is -0.394. The number of carbonyl (C=O) groups excluding carboxylic acids is 1. The van der Waals surface area contributed by atoms with Gasteiger partial charge in [-0.2, -0.15) is 4.98 Å². The molecule has 0 spiro atoms. The number of rotatable bonds is 5. The lowest BCUT2D eigenvalue weighted by atomic mass is 10.2. The first-order chi connectivity index (χ1) is 11.6. The minimum absolute atomic E-state index is 0.0934. The number of ether oxygens (including phenoxy) is 1. The van der Waals surface area contributed by atoms with Gasteiger partial charge in [0.25, 0.3) is 5.89 Å². The van der Waals surface area contributed by atoms with Gasteiger partial charge >= 0.3 is 5.97 Å². The number of esters is 1. The molecule has 7 heteroatoms. The molecule has 0 bridgehead atoms. The summed E-state index contributed by atoms with van der Waals surface area (Å²) in [6, 6.07) is 14.1. The van der Waals surface area contributed by atoms with Gasteiger partial charge in [-0.25, -0.2) is 0 Å². The zero-order valence-electron chi connectivity index (χ0n) is 12.4. The Bertz CT molecular complexity index is 847. The van der Waals surface area contributed by atoms with Crippen molar-refractivity contribution < 1.29 is 14.1 Å². The number of benzene rings is 2. The van der Waals surface area contributed by atoms with E-state index in [2.05, 4.69) is 10.1 Å². The fraction of sp³-hybridized carbons (Fsp3) is 0.118. The molecule has 5 nitrogen and oxygen atoms in total. The van der Waals surface area contributed by atoms with Gasteiger partial charge in [-0.3, -0.25) is 4.79 Å². The third kappa shape index (κ3) is 4.13. The molecular formula is C17H12Cl2N2O3. The topological polar surface area (TPSA) is 65.2 Å². The van der Waals surface area contributed by atoms with E-state index >= 15 is 0 Å². The summed E-state index contributed by atoms with van der Waals surface area (Å²) in [5, 5.41) is 4.98. The molecule has 3 rings (SSSR count). The fourth-order valence-electron chi connectivity index (χ4n) is 2.03. The van der Waals surface area contributed by atoms with Gasteiger partial charge in [0.15, 0.2) is 6.61 Å². The van der Waals surface area contributed by atoms with E-state index in [4.69, 9.17) is 32.5 Å². The summed E-state index contributed by atoms with van der Waals surface area (Å²) in [4.78, 5) is 16.0. The molecule has 0 unspecified atom stereocenters. The van der Waals surface area contributed by atoms with Crippen LogP contribution in [0.25, 0.3) is 11.4 Å². The first kappa shape index (κ1) is 16.5. The molecule has 0 fully saturated rings. The molecule has 1 heterocycles. The van der Waals surface area contributed by atoms with Crippen molar-refractivity contribution in [1.82, 2.24) is 10.1 Å². The summed E-state index contributed by atoms with van der Waals surface area (Å²) in [7, 11) is 0. The molecule has 0 N–H and O–H groups in total. The Balaban J connectivity index is 1.58. The van der Waals surface area contributed by atoms with Crippen LogP contribution in [0.15, 0.2) is 53.1 Å². The van der Waals surface area contributed by atoms with Gasteiger partial charge in [0, 0.05) is 10.6 Å². The highest BCUT2D eigenvalue weighted by Gasteiger charge is 2.13. The van der Waals surface area contributed by atoms with Gasteiger partial charge in [0.2, 0.25) is 5.82 Å². The van der Waals surface area contributed by atoms with Gasteiger partial charge in [-0.1, -0.05) is 52.6 Å². The lowest BCUT2D eigenvalue weighted by Gasteiger charge is -2.02. The van der Waals surface area contributed by atoms with E-state index in [1.807, 2.05) is 12.1 Å². The Kier molecular flexibility index (Phi) is 5.13. The smallest absolute Gasteiger partial charge is 0.310 e. The second kappa shape index (κ2) is 7.47. The van der Waals surface area contributed by atoms with E-state index < -0.39 is 5.97 Å².